The average molecular weight is 592 g/mol. The monoisotopic (exact) mass is 591 g/mol. The van der Waals surface area contributed by atoms with Crippen LogP contribution in [0.5, 0.6) is 5.75 Å². The molecule has 1 heterocycles. The van der Waals surface area contributed by atoms with Gasteiger partial charge in [0.1, 0.15) is 24.1 Å². The summed E-state index contributed by atoms with van der Waals surface area (Å²) in [6, 6.07) is 14.0. The van der Waals surface area contributed by atoms with E-state index < -0.39 is 36.8 Å². The molecule has 230 valence electrons. The maximum absolute atomic E-state index is 12.3. The van der Waals surface area contributed by atoms with E-state index in [9.17, 15) is 29.7 Å². The van der Waals surface area contributed by atoms with E-state index in [4.69, 9.17) is 24.1 Å². The molecule has 3 amide bonds. The van der Waals surface area contributed by atoms with Gasteiger partial charge in [-0.05, 0) is 42.3 Å². The Morgan fingerprint density at radius 3 is 2.31 bits per heavy atom. The first-order valence-corrected chi connectivity index (χ1v) is 13.4. The number of aliphatic hydroxyl groups excluding tert-OH is 3. The average Bonchev–Trinajstić information content (AvgIpc) is 2.99. The van der Waals surface area contributed by atoms with Crippen LogP contribution < -0.4 is 20.7 Å². The van der Waals surface area contributed by atoms with E-state index in [1.807, 2.05) is 6.07 Å². The number of nitrogens with one attached hydrogen (secondary N) is 3. The van der Waals surface area contributed by atoms with Crippen molar-refractivity contribution in [3.05, 3.63) is 54.1 Å². The van der Waals surface area contributed by atoms with Crippen molar-refractivity contribution in [3.63, 3.8) is 0 Å². The van der Waals surface area contributed by atoms with Crippen LogP contribution in [-0.2, 0) is 19.0 Å². The Labute approximate surface area is 242 Å². The minimum absolute atomic E-state index is 0.0775. The van der Waals surface area contributed by atoms with Gasteiger partial charge in [0, 0.05) is 25.2 Å². The van der Waals surface area contributed by atoms with Crippen molar-refractivity contribution < 1.29 is 53.8 Å². The van der Waals surface area contributed by atoms with Gasteiger partial charge in [-0.2, -0.15) is 0 Å². The van der Waals surface area contributed by atoms with Crippen LogP contribution in [0.4, 0.5) is 4.79 Å². The lowest BCUT2D eigenvalue weighted by Gasteiger charge is -2.38. The van der Waals surface area contributed by atoms with Gasteiger partial charge in [-0.3, -0.25) is 9.59 Å². The quantitative estimate of drug-likeness (QED) is 0.134. The highest BCUT2D eigenvalue weighted by molar-refractivity contribution is 5.95. The second kappa shape index (κ2) is 16.6. The fraction of sp³-hybridized carbons (Fsp3) is 0.464. The summed E-state index contributed by atoms with van der Waals surface area (Å²) in [6.07, 6.45) is -6.86. The van der Waals surface area contributed by atoms with E-state index in [2.05, 4.69) is 16.0 Å². The maximum Gasteiger partial charge on any atom is 0.404 e. The molecular weight excluding hydrogens is 554 g/mol. The molecule has 0 saturated carbocycles. The predicted octanol–water partition coefficient (Wildman–Crippen LogP) is -0.293. The number of carboxylic acid groups (broad SMARTS) is 1. The van der Waals surface area contributed by atoms with Crippen LogP contribution in [0.3, 0.4) is 0 Å². The van der Waals surface area contributed by atoms with Crippen molar-refractivity contribution in [2.75, 3.05) is 46.1 Å². The van der Waals surface area contributed by atoms with Gasteiger partial charge in [0.25, 0.3) is 11.8 Å². The summed E-state index contributed by atoms with van der Waals surface area (Å²) >= 11 is 0. The number of aliphatic hydroxyl groups is 3. The third-order valence-corrected chi connectivity index (χ3v) is 6.26. The van der Waals surface area contributed by atoms with E-state index in [0.29, 0.717) is 11.3 Å². The summed E-state index contributed by atoms with van der Waals surface area (Å²) in [4.78, 5) is 34.9. The number of amides is 3. The van der Waals surface area contributed by atoms with Crippen LogP contribution in [0, 0.1) is 0 Å². The van der Waals surface area contributed by atoms with E-state index in [0.717, 1.165) is 11.1 Å². The normalized spacial score (nSPS) is 21.8. The summed E-state index contributed by atoms with van der Waals surface area (Å²) in [5, 5.41) is 45.5. The Kier molecular flexibility index (Phi) is 12.9. The first-order chi connectivity index (χ1) is 20.2. The van der Waals surface area contributed by atoms with Gasteiger partial charge in [-0.15, -0.1) is 0 Å². The number of rotatable bonds is 15. The van der Waals surface area contributed by atoms with Crippen molar-refractivity contribution in [1.29, 1.82) is 0 Å². The molecule has 1 aliphatic rings. The Hall–Kier alpha value is -3.79. The van der Waals surface area contributed by atoms with Crippen LogP contribution in [0.1, 0.15) is 17.3 Å². The first kappa shape index (κ1) is 32.7. The molecule has 0 bridgehead atoms. The Bertz CT molecular complexity index is 1160. The lowest BCUT2D eigenvalue weighted by atomic mass is 10.0. The standard InChI is InChI=1S/C28H37N3O11/c1-17-23(33)24(34)25(35)27(42-17)40-14-13-39-12-11-29-22(32)16-41-21-7-5-18(6-8-21)19-3-2-4-20(15-19)26(36)30-9-10-31-28(37)38/h2-8,15,17,23-25,27,31,33-35H,9-14,16H2,1H3,(H,29,32)(H,30,36)(H,37,38)/t17-,23-,24+,25+,27+/m0/s1. The van der Waals surface area contributed by atoms with Gasteiger partial charge >= 0.3 is 6.09 Å². The van der Waals surface area contributed by atoms with Crippen molar-refractivity contribution in [2.45, 2.75) is 37.6 Å². The molecule has 1 fully saturated rings. The number of benzene rings is 2. The van der Waals surface area contributed by atoms with Crippen LogP contribution in [-0.4, -0.2) is 115 Å². The highest BCUT2D eigenvalue weighted by Gasteiger charge is 2.42. The van der Waals surface area contributed by atoms with Crippen molar-refractivity contribution >= 4 is 17.9 Å². The van der Waals surface area contributed by atoms with Crippen LogP contribution in [0.2, 0.25) is 0 Å². The van der Waals surface area contributed by atoms with Gasteiger partial charge in [0.2, 0.25) is 0 Å². The highest BCUT2D eigenvalue weighted by atomic mass is 16.7. The molecule has 0 aliphatic carbocycles. The Morgan fingerprint density at radius 2 is 1.57 bits per heavy atom. The van der Waals surface area contributed by atoms with Crippen LogP contribution >= 0.6 is 0 Å². The van der Waals surface area contributed by atoms with E-state index in [1.54, 1.807) is 49.4 Å². The number of hydrogen-bond donors (Lipinski definition) is 7. The molecular formula is C28H37N3O11. The fourth-order valence-electron chi connectivity index (χ4n) is 3.97. The zero-order valence-electron chi connectivity index (χ0n) is 23.1. The highest BCUT2D eigenvalue weighted by Crippen LogP contribution is 2.24. The lowest BCUT2D eigenvalue weighted by Crippen LogP contribution is -2.57. The lowest BCUT2D eigenvalue weighted by molar-refractivity contribution is -0.294. The maximum atomic E-state index is 12.3. The molecule has 1 saturated heterocycles. The van der Waals surface area contributed by atoms with Gasteiger partial charge in [-0.25, -0.2) is 4.79 Å². The van der Waals surface area contributed by atoms with Gasteiger partial charge < -0.3 is 55.3 Å². The summed E-state index contributed by atoms with van der Waals surface area (Å²) in [5.41, 5.74) is 2.07. The second-order valence-corrected chi connectivity index (χ2v) is 9.40. The third kappa shape index (κ3) is 10.2. The number of carbonyl (C=O) groups is 3. The summed E-state index contributed by atoms with van der Waals surface area (Å²) in [6.45, 7) is 2.33. The largest absolute Gasteiger partial charge is 0.484 e. The van der Waals surface area contributed by atoms with E-state index in [-0.39, 0.29) is 57.9 Å². The predicted molar refractivity (Wildman–Crippen MR) is 148 cm³/mol. The minimum Gasteiger partial charge on any atom is -0.484 e. The van der Waals surface area contributed by atoms with Gasteiger partial charge in [0.15, 0.2) is 12.9 Å². The summed E-state index contributed by atoms with van der Waals surface area (Å²) < 4.78 is 21.6. The summed E-state index contributed by atoms with van der Waals surface area (Å²) in [5.74, 6) is -0.169. The molecule has 0 unspecified atom stereocenters. The molecule has 1 aliphatic heterocycles. The SMILES string of the molecule is C[C@@H]1O[C@@H](OCCOCCNC(=O)COc2ccc(-c3cccc(C(=O)NCCNC(=O)O)c3)cc2)[C@H](O)[C@H](O)[C@H]1O. The molecule has 0 radical (unpaired) electrons. The molecule has 14 heteroatoms. The molecule has 0 aromatic heterocycles. The van der Waals surface area contributed by atoms with Crippen molar-refractivity contribution in [1.82, 2.24) is 16.0 Å². The Balaban J connectivity index is 1.31. The second-order valence-electron chi connectivity index (χ2n) is 9.40. The smallest absolute Gasteiger partial charge is 0.404 e. The molecule has 7 N–H and O–H groups in total. The van der Waals surface area contributed by atoms with Crippen molar-refractivity contribution in [2.24, 2.45) is 0 Å². The van der Waals surface area contributed by atoms with E-state index in [1.165, 1.54) is 0 Å². The van der Waals surface area contributed by atoms with Crippen LogP contribution in [0.15, 0.2) is 48.5 Å². The topological polar surface area (TPSA) is 205 Å². The van der Waals surface area contributed by atoms with Crippen molar-refractivity contribution in [3.8, 4) is 16.9 Å². The zero-order valence-corrected chi connectivity index (χ0v) is 23.1. The number of ether oxygens (including phenoxy) is 4. The summed E-state index contributed by atoms with van der Waals surface area (Å²) in [7, 11) is 0. The zero-order chi connectivity index (χ0) is 30.5. The van der Waals surface area contributed by atoms with E-state index >= 15 is 0 Å². The molecule has 42 heavy (non-hydrogen) atoms. The molecule has 2 aromatic rings. The fourth-order valence-corrected chi connectivity index (χ4v) is 3.97. The van der Waals surface area contributed by atoms with Gasteiger partial charge in [-0.1, -0.05) is 24.3 Å². The van der Waals surface area contributed by atoms with Gasteiger partial charge in [0.05, 0.1) is 25.9 Å². The molecule has 2 aromatic carbocycles. The third-order valence-electron chi connectivity index (χ3n) is 6.26. The molecule has 5 atom stereocenters. The Morgan fingerprint density at radius 1 is 0.833 bits per heavy atom. The molecule has 3 rings (SSSR count). The van der Waals surface area contributed by atoms with Crippen LogP contribution in [0.25, 0.3) is 11.1 Å². The number of hydrogen-bond acceptors (Lipinski definition) is 10. The number of carbonyl (C=O) groups excluding carboxylic acids is 2. The minimum atomic E-state index is -1.38. The molecule has 0 spiro atoms. The first-order valence-electron chi connectivity index (χ1n) is 13.4. The molecule has 14 nitrogen and oxygen atoms in total.